The normalized spacial score (nSPS) is 15.4. The van der Waals surface area contributed by atoms with Gasteiger partial charge in [0.25, 0.3) is 0 Å². The van der Waals surface area contributed by atoms with E-state index in [1.165, 1.54) is 6.92 Å². The highest BCUT2D eigenvalue weighted by Crippen LogP contribution is 2.44. The van der Waals surface area contributed by atoms with Gasteiger partial charge in [-0.05, 0) is 79.3 Å². The van der Waals surface area contributed by atoms with Crippen molar-refractivity contribution in [3.05, 3.63) is 132 Å². The number of ether oxygens (including phenoxy) is 2. The van der Waals surface area contributed by atoms with Gasteiger partial charge < -0.3 is 30.1 Å². The molecule has 1 aliphatic carbocycles. The first-order valence-electron chi connectivity index (χ1n) is 19.5. The summed E-state index contributed by atoms with van der Waals surface area (Å²) >= 11 is 0. The van der Waals surface area contributed by atoms with Crippen LogP contribution in [0.15, 0.2) is 110 Å². The second kappa shape index (κ2) is 16.4. The first kappa shape index (κ1) is 38.1. The van der Waals surface area contributed by atoms with Gasteiger partial charge in [-0.1, -0.05) is 54.6 Å². The molecular formula is C45H44N8O5. The third-order valence-electron chi connectivity index (χ3n) is 11.1. The average molecular weight is 777 g/mol. The first-order valence-corrected chi connectivity index (χ1v) is 19.5. The molecule has 2 amide bonds. The van der Waals surface area contributed by atoms with Crippen molar-refractivity contribution in [2.24, 2.45) is 0 Å². The zero-order chi connectivity index (χ0) is 40.2. The lowest BCUT2D eigenvalue weighted by molar-refractivity contribution is -0.127. The molecule has 2 aliphatic rings. The Labute approximate surface area is 336 Å². The van der Waals surface area contributed by atoms with Gasteiger partial charge in [0.1, 0.15) is 30.3 Å². The minimum Gasteiger partial charge on any atom is -0.492 e. The molecule has 1 aliphatic heterocycles. The lowest BCUT2D eigenvalue weighted by atomic mass is 9.82. The number of nitrogens with zero attached hydrogens (tertiary/aromatic N) is 6. The molecule has 0 radical (unpaired) electrons. The standard InChI is InChI=1S/C45H44N8O5/c1-3-57-33-22-38(42-31(24-46)26-49-53(42)27-33)30-15-16-40(48-25-30)52-20-17-45(18-21-52,23-32-10-8-9-19-47-32)51-43(55)41(29(2)54)50-44(56)58-28-39-36-13-6-4-11-34(36)35-12-5-7-14-37(35)39/h4-16,19,22,25-27,29,39,41,54H,3,17-18,20-21,23,28H2,1-2H3,(H,50,56)(H,51,55)/t29-,41+/m1/s1. The van der Waals surface area contributed by atoms with Crippen LogP contribution in [0.4, 0.5) is 10.6 Å². The molecule has 0 saturated carbocycles. The highest BCUT2D eigenvalue weighted by Gasteiger charge is 2.40. The molecule has 13 heteroatoms. The lowest BCUT2D eigenvalue weighted by Crippen LogP contribution is -2.62. The number of carbonyl (C=O) groups excluding carboxylic acids is 2. The van der Waals surface area contributed by atoms with Crippen LogP contribution < -0.4 is 20.3 Å². The number of carbonyl (C=O) groups is 2. The molecule has 1 saturated heterocycles. The molecule has 3 N–H and O–H groups in total. The summed E-state index contributed by atoms with van der Waals surface area (Å²) in [6.07, 6.45) is 6.39. The van der Waals surface area contributed by atoms with E-state index in [1.807, 2.05) is 79.7 Å². The summed E-state index contributed by atoms with van der Waals surface area (Å²) in [7, 11) is 0. The Bertz CT molecular complexity index is 2430. The van der Waals surface area contributed by atoms with Crippen LogP contribution in [-0.4, -0.2) is 80.7 Å². The Kier molecular flexibility index (Phi) is 10.8. The summed E-state index contributed by atoms with van der Waals surface area (Å²) in [4.78, 5) is 38.9. The van der Waals surface area contributed by atoms with Crippen molar-refractivity contribution >= 4 is 23.3 Å². The zero-order valence-electron chi connectivity index (χ0n) is 32.3. The molecule has 5 heterocycles. The highest BCUT2D eigenvalue weighted by atomic mass is 16.5. The molecule has 294 valence electrons. The Morgan fingerprint density at radius 3 is 2.33 bits per heavy atom. The number of hydrogen-bond acceptors (Lipinski definition) is 10. The van der Waals surface area contributed by atoms with Crippen molar-refractivity contribution in [1.82, 2.24) is 30.2 Å². The predicted molar refractivity (Wildman–Crippen MR) is 218 cm³/mol. The zero-order valence-corrected chi connectivity index (χ0v) is 32.3. The summed E-state index contributed by atoms with van der Waals surface area (Å²) in [6, 6.07) is 28.6. The molecule has 8 rings (SSSR count). The number of nitriles is 1. The Morgan fingerprint density at radius 2 is 1.69 bits per heavy atom. The number of alkyl carbamates (subject to hydrolysis) is 1. The van der Waals surface area contributed by atoms with Crippen LogP contribution in [0, 0.1) is 11.3 Å². The van der Waals surface area contributed by atoms with Crippen LogP contribution >= 0.6 is 0 Å². The maximum Gasteiger partial charge on any atom is 0.407 e. The monoisotopic (exact) mass is 776 g/mol. The fourth-order valence-corrected chi connectivity index (χ4v) is 8.25. The topological polar surface area (TPSA) is 167 Å². The second-order valence-corrected chi connectivity index (χ2v) is 14.8. The molecule has 0 spiro atoms. The number of anilines is 1. The number of piperidine rings is 1. The quantitative estimate of drug-likeness (QED) is 0.133. The van der Waals surface area contributed by atoms with Gasteiger partial charge in [0.15, 0.2) is 0 Å². The van der Waals surface area contributed by atoms with Gasteiger partial charge >= 0.3 is 6.09 Å². The van der Waals surface area contributed by atoms with Gasteiger partial charge in [0, 0.05) is 60.2 Å². The smallest absolute Gasteiger partial charge is 0.407 e. The van der Waals surface area contributed by atoms with Crippen LogP contribution in [0.25, 0.3) is 27.8 Å². The molecule has 13 nitrogen and oxygen atoms in total. The molecule has 2 aromatic carbocycles. The summed E-state index contributed by atoms with van der Waals surface area (Å²) < 4.78 is 13.2. The first-order chi connectivity index (χ1) is 28.3. The Hall–Kier alpha value is -6.78. The second-order valence-electron chi connectivity index (χ2n) is 14.8. The Balaban J connectivity index is 0.959. The summed E-state index contributed by atoms with van der Waals surface area (Å²) in [6.45, 7) is 5.10. The van der Waals surface area contributed by atoms with Crippen LogP contribution in [0.5, 0.6) is 5.75 Å². The van der Waals surface area contributed by atoms with E-state index in [0.29, 0.717) is 55.8 Å². The number of rotatable bonds is 12. The number of aliphatic hydroxyl groups is 1. The largest absolute Gasteiger partial charge is 0.492 e. The molecule has 4 aromatic heterocycles. The number of pyridine rings is 3. The Morgan fingerprint density at radius 1 is 0.966 bits per heavy atom. The molecule has 1 fully saturated rings. The van der Waals surface area contributed by atoms with Crippen LogP contribution in [-0.2, 0) is 16.0 Å². The molecule has 0 bridgehead atoms. The minimum atomic E-state index is -1.26. The van der Waals surface area contributed by atoms with E-state index in [9.17, 15) is 20.0 Å². The highest BCUT2D eigenvalue weighted by molar-refractivity contribution is 5.87. The van der Waals surface area contributed by atoms with Crippen molar-refractivity contribution < 1.29 is 24.2 Å². The van der Waals surface area contributed by atoms with E-state index in [4.69, 9.17) is 14.5 Å². The van der Waals surface area contributed by atoms with E-state index in [0.717, 1.165) is 44.9 Å². The fourth-order valence-electron chi connectivity index (χ4n) is 8.25. The van der Waals surface area contributed by atoms with Crippen LogP contribution in [0.1, 0.15) is 55.0 Å². The number of benzene rings is 2. The van der Waals surface area contributed by atoms with E-state index in [-0.39, 0.29) is 12.5 Å². The molecule has 0 unspecified atom stereocenters. The van der Waals surface area contributed by atoms with E-state index in [2.05, 4.69) is 43.8 Å². The van der Waals surface area contributed by atoms with Gasteiger partial charge in [0.05, 0.1) is 36.2 Å². The molecule has 6 aromatic rings. The summed E-state index contributed by atoms with van der Waals surface area (Å²) in [5.74, 6) is 0.750. The van der Waals surface area contributed by atoms with Crippen LogP contribution in [0.2, 0.25) is 0 Å². The number of aromatic nitrogens is 4. The van der Waals surface area contributed by atoms with Gasteiger partial charge in [0.2, 0.25) is 5.91 Å². The van der Waals surface area contributed by atoms with Crippen molar-refractivity contribution in [2.45, 2.75) is 56.7 Å². The number of nitrogens with one attached hydrogen (secondary N) is 2. The molecule has 58 heavy (non-hydrogen) atoms. The van der Waals surface area contributed by atoms with E-state index >= 15 is 0 Å². The third kappa shape index (κ3) is 7.66. The number of fused-ring (bicyclic) bond motifs is 4. The van der Waals surface area contributed by atoms with E-state index < -0.39 is 29.7 Å². The summed E-state index contributed by atoms with van der Waals surface area (Å²) in [5.41, 5.74) is 7.20. The van der Waals surface area contributed by atoms with Crippen molar-refractivity contribution in [3.8, 4) is 34.1 Å². The number of hydrogen-bond donors (Lipinski definition) is 3. The van der Waals surface area contributed by atoms with Crippen molar-refractivity contribution in [2.75, 3.05) is 31.2 Å². The number of amides is 2. The fraction of sp³-hybridized carbons (Fsp3) is 0.289. The van der Waals surface area contributed by atoms with Gasteiger partial charge in [-0.25, -0.2) is 14.3 Å². The van der Waals surface area contributed by atoms with Gasteiger partial charge in [-0.15, -0.1) is 0 Å². The van der Waals surface area contributed by atoms with Crippen molar-refractivity contribution in [3.63, 3.8) is 0 Å². The maximum atomic E-state index is 14.1. The SMILES string of the molecule is CCOc1cc(-c2ccc(N3CCC(Cc4ccccn4)(NC(=O)[C@@H](NC(=O)OCC4c5ccccc5-c5ccccc54)[C@@H](C)O)CC3)nc2)c2c(C#N)cnn2c1. The van der Waals surface area contributed by atoms with E-state index in [1.54, 1.807) is 29.3 Å². The predicted octanol–water partition coefficient (Wildman–Crippen LogP) is 6.05. The maximum absolute atomic E-state index is 14.1. The summed E-state index contributed by atoms with van der Waals surface area (Å²) in [5, 5.41) is 30.8. The molecular weight excluding hydrogens is 733 g/mol. The lowest BCUT2D eigenvalue weighted by Gasteiger charge is -2.43. The molecule has 2 atom stereocenters. The van der Waals surface area contributed by atoms with Gasteiger partial charge in [-0.2, -0.15) is 10.4 Å². The van der Waals surface area contributed by atoms with Gasteiger partial charge in [-0.3, -0.25) is 9.78 Å². The average Bonchev–Trinajstić information content (AvgIpc) is 3.81. The van der Waals surface area contributed by atoms with Crippen molar-refractivity contribution in [1.29, 1.82) is 5.26 Å². The third-order valence-corrected chi connectivity index (χ3v) is 11.1. The minimum absolute atomic E-state index is 0.0804. The van der Waals surface area contributed by atoms with Crippen LogP contribution in [0.3, 0.4) is 0 Å². The number of aliphatic hydroxyl groups excluding tert-OH is 1.